The molecule has 0 aromatic heterocycles. The molecule has 0 aromatic rings. The van der Waals surface area contributed by atoms with E-state index in [0.717, 1.165) is 13.1 Å². The summed E-state index contributed by atoms with van der Waals surface area (Å²) < 4.78 is 5.92. The molecule has 2 aliphatic rings. The number of hydrogen-bond donors (Lipinski definition) is 1. The summed E-state index contributed by atoms with van der Waals surface area (Å²) in [5.74, 6) is 0. The fourth-order valence-electron chi connectivity index (χ4n) is 2.99. The Morgan fingerprint density at radius 2 is 2.13 bits per heavy atom. The maximum atomic E-state index is 9.22. The van der Waals surface area contributed by atoms with Crippen LogP contribution in [0.1, 0.15) is 39.0 Å². The summed E-state index contributed by atoms with van der Waals surface area (Å²) in [5, 5.41) is 9.22. The van der Waals surface area contributed by atoms with Crippen LogP contribution in [0.3, 0.4) is 0 Å². The van der Waals surface area contributed by atoms with Crippen LogP contribution in [0.25, 0.3) is 0 Å². The van der Waals surface area contributed by atoms with E-state index in [1.807, 2.05) is 0 Å². The second-order valence-electron chi connectivity index (χ2n) is 4.83. The van der Waals surface area contributed by atoms with Crippen molar-refractivity contribution in [1.29, 1.82) is 0 Å². The lowest BCUT2D eigenvalue weighted by molar-refractivity contribution is -0.145. The fraction of sp³-hybridized carbons (Fsp3) is 1.00. The van der Waals surface area contributed by atoms with Gasteiger partial charge in [0.1, 0.15) is 0 Å². The quantitative estimate of drug-likeness (QED) is 0.769. The maximum absolute atomic E-state index is 9.22. The number of aliphatic hydroxyl groups is 1. The normalized spacial score (nSPS) is 37.6. The highest BCUT2D eigenvalue weighted by Gasteiger charge is 2.37. The Bertz CT molecular complexity index is 198. The van der Waals surface area contributed by atoms with Crippen LogP contribution < -0.4 is 0 Å². The standard InChI is InChI=1S/C12H23NO2/c1-2-7-13-8-10(9-14)15-12-6-4-3-5-11(12)13/h10-12,14H,2-9H2,1H3. The number of rotatable bonds is 3. The van der Waals surface area contributed by atoms with Crippen molar-refractivity contribution in [3.8, 4) is 0 Å². The highest BCUT2D eigenvalue weighted by molar-refractivity contribution is 4.89. The third-order valence-electron chi connectivity index (χ3n) is 3.66. The van der Waals surface area contributed by atoms with Gasteiger partial charge < -0.3 is 9.84 Å². The Hall–Kier alpha value is -0.120. The molecule has 3 heteroatoms. The van der Waals surface area contributed by atoms with Gasteiger partial charge in [0.2, 0.25) is 0 Å². The molecular formula is C12H23NO2. The smallest absolute Gasteiger partial charge is 0.0936 e. The zero-order valence-corrected chi connectivity index (χ0v) is 9.69. The van der Waals surface area contributed by atoms with Gasteiger partial charge in [-0.25, -0.2) is 0 Å². The lowest BCUT2D eigenvalue weighted by Crippen LogP contribution is -2.56. The van der Waals surface area contributed by atoms with E-state index in [1.54, 1.807) is 0 Å². The van der Waals surface area contributed by atoms with Crippen molar-refractivity contribution in [2.45, 2.75) is 57.3 Å². The van der Waals surface area contributed by atoms with Crippen LogP contribution in [0, 0.1) is 0 Å². The second kappa shape index (κ2) is 5.28. The van der Waals surface area contributed by atoms with Gasteiger partial charge in [0.25, 0.3) is 0 Å². The summed E-state index contributed by atoms with van der Waals surface area (Å²) in [6.45, 7) is 4.47. The first-order valence-corrected chi connectivity index (χ1v) is 6.35. The van der Waals surface area contributed by atoms with Gasteiger partial charge in [0.05, 0.1) is 18.8 Å². The number of morpholine rings is 1. The van der Waals surface area contributed by atoms with Crippen LogP contribution in [0.2, 0.25) is 0 Å². The number of hydrogen-bond acceptors (Lipinski definition) is 3. The third-order valence-corrected chi connectivity index (χ3v) is 3.66. The molecule has 88 valence electrons. The molecule has 15 heavy (non-hydrogen) atoms. The number of ether oxygens (including phenoxy) is 1. The molecule has 2 fully saturated rings. The molecule has 3 nitrogen and oxygen atoms in total. The SMILES string of the molecule is CCCN1CC(CO)OC2CCCCC21. The summed E-state index contributed by atoms with van der Waals surface area (Å²) in [4.78, 5) is 2.54. The molecule has 1 saturated carbocycles. The lowest BCUT2D eigenvalue weighted by Gasteiger charge is -2.46. The van der Waals surface area contributed by atoms with E-state index in [-0.39, 0.29) is 12.7 Å². The van der Waals surface area contributed by atoms with Crippen molar-refractivity contribution < 1.29 is 9.84 Å². The summed E-state index contributed by atoms with van der Waals surface area (Å²) in [7, 11) is 0. The van der Waals surface area contributed by atoms with Gasteiger partial charge in [-0.2, -0.15) is 0 Å². The first-order chi connectivity index (χ1) is 7.35. The van der Waals surface area contributed by atoms with Crippen molar-refractivity contribution in [3.05, 3.63) is 0 Å². The minimum absolute atomic E-state index is 0.0518. The van der Waals surface area contributed by atoms with E-state index in [0.29, 0.717) is 12.1 Å². The largest absolute Gasteiger partial charge is 0.394 e. The highest BCUT2D eigenvalue weighted by Crippen LogP contribution is 2.30. The van der Waals surface area contributed by atoms with Gasteiger partial charge in [0.15, 0.2) is 0 Å². The Kier molecular flexibility index (Phi) is 4.00. The fourth-order valence-corrected chi connectivity index (χ4v) is 2.99. The number of aliphatic hydroxyl groups excluding tert-OH is 1. The van der Waals surface area contributed by atoms with Gasteiger partial charge in [-0.15, -0.1) is 0 Å². The van der Waals surface area contributed by atoms with Crippen molar-refractivity contribution in [3.63, 3.8) is 0 Å². The van der Waals surface area contributed by atoms with E-state index >= 15 is 0 Å². The predicted molar refractivity (Wildman–Crippen MR) is 59.9 cm³/mol. The van der Waals surface area contributed by atoms with Crippen LogP contribution in [0.4, 0.5) is 0 Å². The second-order valence-corrected chi connectivity index (χ2v) is 4.83. The van der Waals surface area contributed by atoms with Gasteiger partial charge in [-0.3, -0.25) is 4.90 Å². The molecule has 0 bridgehead atoms. The van der Waals surface area contributed by atoms with Crippen LogP contribution in [-0.4, -0.2) is 48.0 Å². The molecular weight excluding hydrogens is 190 g/mol. The van der Waals surface area contributed by atoms with E-state index in [4.69, 9.17) is 4.74 Å². The Labute approximate surface area is 92.4 Å². The van der Waals surface area contributed by atoms with Gasteiger partial charge in [-0.05, 0) is 25.8 Å². The highest BCUT2D eigenvalue weighted by atomic mass is 16.5. The minimum atomic E-state index is 0.0518. The molecule has 1 aliphatic heterocycles. The molecule has 0 aromatic carbocycles. The third kappa shape index (κ3) is 2.52. The van der Waals surface area contributed by atoms with E-state index in [1.165, 1.54) is 32.1 Å². The summed E-state index contributed by atoms with van der Waals surface area (Å²) in [5.41, 5.74) is 0. The van der Waals surface area contributed by atoms with Crippen LogP contribution in [0.15, 0.2) is 0 Å². The van der Waals surface area contributed by atoms with Crippen molar-refractivity contribution in [2.24, 2.45) is 0 Å². The van der Waals surface area contributed by atoms with Gasteiger partial charge in [-0.1, -0.05) is 19.8 Å². The van der Waals surface area contributed by atoms with Crippen molar-refractivity contribution in [1.82, 2.24) is 4.90 Å². The molecule has 3 atom stereocenters. The molecule has 1 heterocycles. The van der Waals surface area contributed by atoms with E-state index in [9.17, 15) is 5.11 Å². The summed E-state index contributed by atoms with van der Waals surface area (Å²) in [6, 6.07) is 0.626. The number of fused-ring (bicyclic) bond motifs is 1. The average Bonchev–Trinajstić information content (AvgIpc) is 2.29. The first kappa shape index (κ1) is 11.4. The molecule has 1 saturated heterocycles. The Morgan fingerprint density at radius 1 is 1.33 bits per heavy atom. The lowest BCUT2D eigenvalue weighted by atomic mass is 9.89. The zero-order valence-electron chi connectivity index (χ0n) is 9.69. The predicted octanol–water partition coefficient (Wildman–Crippen LogP) is 1.40. The van der Waals surface area contributed by atoms with Crippen LogP contribution in [-0.2, 0) is 4.74 Å². The van der Waals surface area contributed by atoms with Crippen LogP contribution >= 0.6 is 0 Å². The summed E-state index contributed by atoms with van der Waals surface area (Å²) in [6.07, 6.45) is 6.73. The zero-order chi connectivity index (χ0) is 10.7. The summed E-state index contributed by atoms with van der Waals surface area (Å²) >= 11 is 0. The monoisotopic (exact) mass is 213 g/mol. The Balaban J connectivity index is 1.99. The first-order valence-electron chi connectivity index (χ1n) is 6.35. The van der Waals surface area contributed by atoms with Gasteiger partial charge in [0, 0.05) is 12.6 Å². The molecule has 1 aliphatic carbocycles. The molecule has 0 spiro atoms. The molecule has 0 radical (unpaired) electrons. The number of nitrogens with zero attached hydrogens (tertiary/aromatic N) is 1. The van der Waals surface area contributed by atoms with E-state index in [2.05, 4.69) is 11.8 Å². The molecule has 0 amide bonds. The van der Waals surface area contributed by atoms with Crippen LogP contribution in [0.5, 0.6) is 0 Å². The minimum Gasteiger partial charge on any atom is -0.394 e. The molecule has 2 rings (SSSR count). The topological polar surface area (TPSA) is 32.7 Å². The van der Waals surface area contributed by atoms with Crippen molar-refractivity contribution in [2.75, 3.05) is 19.7 Å². The molecule has 1 N–H and O–H groups in total. The van der Waals surface area contributed by atoms with Gasteiger partial charge >= 0.3 is 0 Å². The molecule has 3 unspecified atom stereocenters. The van der Waals surface area contributed by atoms with E-state index < -0.39 is 0 Å². The van der Waals surface area contributed by atoms with Crippen molar-refractivity contribution >= 4 is 0 Å². The maximum Gasteiger partial charge on any atom is 0.0936 e. The average molecular weight is 213 g/mol. The Morgan fingerprint density at radius 3 is 2.87 bits per heavy atom.